The van der Waals surface area contributed by atoms with Crippen LogP contribution in [0.4, 0.5) is 23.2 Å². The first kappa shape index (κ1) is 16.5. The van der Waals surface area contributed by atoms with E-state index in [1.807, 2.05) is 5.32 Å². The van der Waals surface area contributed by atoms with Crippen LogP contribution in [0.15, 0.2) is 30.8 Å². The van der Waals surface area contributed by atoms with E-state index >= 15 is 0 Å². The first-order chi connectivity index (χ1) is 10.8. The molecule has 0 aromatic heterocycles. The minimum Gasteiger partial charge on any atom is -0.506 e. The van der Waals surface area contributed by atoms with Crippen LogP contribution in [0, 0.1) is 23.3 Å². The molecule has 0 saturated carbocycles. The van der Waals surface area contributed by atoms with Crippen LogP contribution < -0.4 is 5.32 Å². The van der Waals surface area contributed by atoms with Crippen molar-refractivity contribution in [2.75, 3.05) is 5.32 Å². The van der Waals surface area contributed by atoms with E-state index in [4.69, 9.17) is 0 Å². The molecule has 3 nitrogen and oxygen atoms in total. The number of anilines is 1. The van der Waals surface area contributed by atoms with E-state index in [0.29, 0.717) is 0 Å². The second-order valence-electron chi connectivity index (χ2n) is 4.76. The molecule has 0 unspecified atom stereocenters. The fourth-order valence-electron chi connectivity index (χ4n) is 1.97. The zero-order valence-electron chi connectivity index (χ0n) is 11.9. The number of phenolic OH excluding ortho intramolecular Hbond substituents is 1. The number of halogens is 4. The van der Waals surface area contributed by atoms with Gasteiger partial charge in [-0.25, -0.2) is 17.6 Å². The molecule has 2 aromatic carbocycles. The monoisotopic (exact) mass is 325 g/mol. The smallest absolute Gasteiger partial charge is 0.261 e. The summed E-state index contributed by atoms with van der Waals surface area (Å²) in [5.74, 6) is -8.91. The number of hydrogen-bond acceptors (Lipinski definition) is 2. The van der Waals surface area contributed by atoms with Crippen molar-refractivity contribution >= 4 is 17.2 Å². The Labute approximate surface area is 128 Å². The van der Waals surface area contributed by atoms with E-state index in [0.717, 1.165) is 0 Å². The molecule has 0 radical (unpaired) electrons. The number of benzene rings is 2. The summed E-state index contributed by atoms with van der Waals surface area (Å²) in [6.07, 6.45) is 0. The lowest BCUT2D eigenvalue weighted by atomic mass is 10.0. The largest absolute Gasteiger partial charge is 0.506 e. The van der Waals surface area contributed by atoms with Crippen molar-refractivity contribution in [3.63, 3.8) is 0 Å². The Morgan fingerprint density at radius 3 is 1.96 bits per heavy atom. The molecule has 2 aromatic rings. The van der Waals surface area contributed by atoms with Gasteiger partial charge in [-0.05, 0) is 24.6 Å². The van der Waals surface area contributed by atoms with Gasteiger partial charge in [0.1, 0.15) is 11.3 Å². The Morgan fingerprint density at radius 1 is 1.00 bits per heavy atom. The van der Waals surface area contributed by atoms with Crippen LogP contribution in [0.25, 0.3) is 5.57 Å². The number of amides is 1. The topological polar surface area (TPSA) is 49.3 Å². The van der Waals surface area contributed by atoms with Crippen molar-refractivity contribution in [2.45, 2.75) is 6.92 Å². The molecule has 120 valence electrons. The molecular weight excluding hydrogens is 314 g/mol. The van der Waals surface area contributed by atoms with Gasteiger partial charge >= 0.3 is 0 Å². The van der Waals surface area contributed by atoms with E-state index in [2.05, 4.69) is 6.58 Å². The van der Waals surface area contributed by atoms with E-state index in [1.165, 1.54) is 31.2 Å². The fourth-order valence-corrected chi connectivity index (χ4v) is 1.97. The lowest BCUT2D eigenvalue weighted by molar-refractivity contribution is 0.101. The molecule has 2 N–H and O–H groups in total. The van der Waals surface area contributed by atoms with Crippen molar-refractivity contribution in [3.8, 4) is 5.75 Å². The molecule has 2 rings (SSSR count). The standard InChI is InChI=1S/C16H11F4NO2/c1-7(2)10-12(17)14(19)11(15(20)13(10)18)16(23)21-8-5-3-4-6-9(8)22/h3-6,22H,1H2,2H3,(H,21,23). The highest BCUT2D eigenvalue weighted by Crippen LogP contribution is 2.29. The second kappa shape index (κ2) is 6.12. The Kier molecular flexibility index (Phi) is 4.40. The van der Waals surface area contributed by atoms with Crippen molar-refractivity contribution < 1.29 is 27.5 Å². The summed E-state index contributed by atoms with van der Waals surface area (Å²) in [4.78, 5) is 11.9. The van der Waals surface area contributed by atoms with Gasteiger partial charge in [0.05, 0.1) is 11.3 Å². The molecule has 1 amide bonds. The van der Waals surface area contributed by atoms with Crippen molar-refractivity contribution in [3.05, 3.63) is 65.2 Å². The predicted molar refractivity (Wildman–Crippen MR) is 77.0 cm³/mol. The Balaban J connectivity index is 2.54. The third-order valence-electron chi connectivity index (χ3n) is 3.07. The first-order valence-corrected chi connectivity index (χ1v) is 6.36. The SMILES string of the molecule is C=C(C)c1c(F)c(F)c(C(=O)Nc2ccccc2O)c(F)c1F. The average molecular weight is 325 g/mol. The van der Waals surface area contributed by atoms with Gasteiger partial charge in [0.15, 0.2) is 23.3 Å². The molecule has 0 spiro atoms. The van der Waals surface area contributed by atoms with Crippen LogP contribution in [0.2, 0.25) is 0 Å². The highest BCUT2D eigenvalue weighted by Gasteiger charge is 2.29. The molecule has 0 bridgehead atoms. The lowest BCUT2D eigenvalue weighted by Gasteiger charge is -2.12. The summed E-state index contributed by atoms with van der Waals surface area (Å²) in [5.41, 5.74) is -2.78. The van der Waals surface area contributed by atoms with Gasteiger partial charge in [-0.3, -0.25) is 4.79 Å². The Morgan fingerprint density at radius 2 is 1.48 bits per heavy atom. The van der Waals surface area contributed by atoms with Gasteiger partial charge in [0.2, 0.25) is 0 Å². The maximum absolute atomic E-state index is 14.0. The Hall–Kier alpha value is -2.83. The molecule has 0 saturated heterocycles. The summed E-state index contributed by atoms with van der Waals surface area (Å²) in [6, 6.07) is 5.35. The summed E-state index contributed by atoms with van der Waals surface area (Å²) >= 11 is 0. The second-order valence-corrected chi connectivity index (χ2v) is 4.76. The zero-order valence-corrected chi connectivity index (χ0v) is 11.9. The molecule has 0 aliphatic carbocycles. The minimum atomic E-state index is -1.84. The summed E-state index contributed by atoms with van der Waals surface area (Å²) in [7, 11) is 0. The molecule has 0 atom stereocenters. The Bertz CT molecular complexity index is 789. The number of hydrogen-bond donors (Lipinski definition) is 2. The third-order valence-corrected chi connectivity index (χ3v) is 3.07. The predicted octanol–water partition coefficient (Wildman–Crippen LogP) is 4.23. The molecule has 7 heteroatoms. The van der Waals surface area contributed by atoms with Crippen molar-refractivity contribution in [1.29, 1.82) is 0 Å². The molecule has 0 aliphatic rings. The van der Waals surface area contributed by atoms with E-state index in [9.17, 15) is 27.5 Å². The summed E-state index contributed by atoms with van der Waals surface area (Å²) in [5, 5.41) is 11.5. The summed E-state index contributed by atoms with van der Waals surface area (Å²) < 4.78 is 55.7. The van der Waals surface area contributed by atoms with Gasteiger partial charge in [-0.1, -0.05) is 18.7 Å². The number of nitrogens with one attached hydrogen (secondary N) is 1. The molecule has 23 heavy (non-hydrogen) atoms. The maximum atomic E-state index is 14.0. The zero-order chi connectivity index (χ0) is 17.3. The number of phenols is 1. The van der Waals surface area contributed by atoms with Crippen molar-refractivity contribution in [1.82, 2.24) is 0 Å². The number of aromatic hydroxyl groups is 1. The van der Waals surface area contributed by atoms with Crippen LogP contribution in [-0.2, 0) is 0 Å². The van der Waals surface area contributed by atoms with E-state index in [1.54, 1.807) is 0 Å². The highest BCUT2D eigenvalue weighted by atomic mass is 19.2. The van der Waals surface area contributed by atoms with Crippen LogP contribution in [-0.4, -0.2) is 11.0 Å². The van der Waals surface area contributed by atoms with Crippen LogP contribution in [0.3, 0.4) is 0 Å². The van der Waals surface area contributed by atoms with Crippen LogP contribution in [0.1, 0.15) is 22.8 Å². The maximum Gasteiger partial charge on any atom is 0.261 e. The van der Waals surface area contributed by atoms with Crippen LogP contribution >= 0.6 is 0 Å². The number of carbonyl (C=O) groups is 1. The average Bonchev–Trinajstić information content (AvgIpc) is 2.48. The molecular formula is C16H11F4NO2. The number of allylic oxidation sites excluding steroid dienone is 1. The lowest BCUT2D eigenvalue weighted by Crippen LogP contribution is -2.19. The van der Waals surface area contributed by atoms with Crippen molar-refractivity contribution in [2.24, 2.45) is 0 Å². The third kappa shape index (κ3) is 2.90. The quantitative estimate of drug-likeness (QED) is 0.504. The fraction of sp³-hybridized carbons (Fsp3) is 0.0625. The highest BCUT2D eigenvalue weighted by molar-refractivity contribution is 6.05. The summed E-state index contributed by atoms with van der Waals surface area (Å²) in [6.45, 7) is 4.40. The van der Waals surface area contributed by atoms with Gasteiger partial charge in [-0.15, -0.1) is 0 Å². The van der Waals surface area contributed by atoms with Gasteiger partial charge < -0.3 is 10.4 Å². The van der Waals surface area contributed by atoms with Gasteiger partial charge in [0.25, 0.3) is 5.91 Å². The number of para-hydroxylation sites is 2. The number of carbonyl (C=O) groups excluding carboxylic acids is 1. The van der Waals surface area contributed by atoms with E-state index < -0.39 is 40.3 Å². The van der Waals surface area contributed by atoms with Gasteiger partial charge in [0, 0.05) is 0 Å². The number of rotatable bonds is 3. The minimum absolute atomic E-state index is 0.166. The first-order valence-electron chi connectivity index (χ1n) is 6.36. The molecule has 0 aliphatic heterocycles. The van der Waals surface area contributed by atoms with Crippen LogP contribution in [0.5, 0.6) is 5.75 Å². The van der Waals surface area contributed by atoms with Gasteiger partial charge in [-0.2, -0.15) is 0 Å². The van der Waals surface area contributed by atoms with E-state index in [-0.39, 0.29) is 17.0 Å². The normalized spacial score (nSPS) is 10.5. The molecule has 0 fully saturated rings. The molecule has 0 heterocycles.